The van der Waals surface area contributed by atoms with E-state index in [2.05, 4.69) is 10.3 Å². The van der Waals surface area contributed by atoms with Gasteiger partial charge in [0.25, 0.3) is 5.69 Å². The van der Waals surface area contributed by atoms with Crippen molar-refractivity contribution in [1.29, 1.82) is 0 Å². The maximum absolute atomic E-state index is 10.5. The maximum Gasteiger partial charge on any atom is 0.269 e. The minimum atomic E-state index is -0.435. The summed E-state index contributed by atoms with van der Waals surface area (Å²) in [5, 5.41) is 13.7. The van der Waals surface area contributed by atoms with Gasteiger partial charge in [-0.15, -0.1) is 0 Å². The highest BCUT2D eigenvalue weighted by Crippen LogP contribution is 2.17. The predicted octanol–water partition coefficient (Wildman–Crippen LogP) is 2.79. The van der Waals surface area contributed by atoms with Gasteiger partial charge < -0.3 is 10.1 Å². The van der Waals surface area contributed by atoms with E-state index in [1.165, 1.54) is 12.1 Å². The Hall–Kier alpha value is -2.63. The summed E-state index contributed by atoms with van der Waals surface area (Å²) < 4.78 is 5.49. The van der Waals surface area contributed by atoms with Crippen LogP contribution in [-0.2, 0) is 0 Å². The number of rotatable bonds is 6. The van der Waals surface area contributed by atoms with Crippen LogP contribution in [-0.4, -0.2) is 23.1 Å². The third kappa shape index (κ3) is 3.68. The van der Waals surface area contributed by atoms with Gasteiger partial charge in [-0.2, -0.15) is 0 Å². The fourth-order valence-electron chi connectivity index (χ4n) is 1.67. The first kappa shape index (κ1) is 13.8. The maximum atomic E-state index is 10.5. The number of nitro groups is 1. The molecule has 0 amide bonds. The van der Waals surface area contributed by atoms with Gasteiger partial charge in [0.1, 0.15) is 18.2 Å². The summed E-state index contributed by atoms with van der Waals surface area (Å²) in [7, 11) is 0. The fraction of sp³-hybridized carbons (Fsp3) is 0.214. The molecule has 1 aromatic heterocycles. The number of aromatic nitrogens is 1. The molecule has 1 heterocycles. The molecule has 6 nitrogen and oxygen atoms in total. The van der Waals surface area contributed by atoms with E-state index in [1.54, 1.807) is 18.3 Å². The van der Waals surface area contributed by atoms with Crippen molar-refractivity contribution >= 4 is 11.5 Å². The normalized spacial score (nSPS) is 10.1. The third-order valence-corrected chi connectivity index (χ3v) is 2.72. The van der Waals surface area contributed by atoms with Crippen molar-refractivity contribution in [2.45, 2.75) is 6.92 Å². The molecule has 0 radical (unpaired) electrons. The van der Waals surface area contributed by atoms with E-state index >= 15 is 0 Å². The van der Waals surface area contributed by atoms with Crippen LogP contribution in [0, 0.1) is 17.0 Å². The minimum Gasteiger partial charge on any atom is -0.492 e. The Balaban J connectivity index is 1.79. The number of pyridine rings is 1. The number of hydrogen-bond acceptors (Lipinski definition) is 5. The summed E-state index contributed by atoms with van der Waals surface area (Å²) in [4.78, 5) is 14.3. The predicted molar refractivity (Wildman–Crippen MR) is 76.1 cm³/mol. The van der Waals surface area contributed by atoms with Crippen LogP contribution in [0.3, 0.4) is 0 Å². The van der Waals surface area contributed by atoms with Gasteiger partial charge in [0, 0.05) is 18.3 Å². The summed E-state index contributed by atoms with van der Waals surface area (Å²) in [6.45, 7) is 3.04. The molecule has 6 heteroatoms. The van der Waals surface area contributed by atoms with Crippen LogP contribution in [0.2, 0.25) is 0 Å². The first-order valence-corrected chi connectivity index (χ1v) is 6.19. The van der Waals surface area contributed by atoms with Crippen LogP contribution >= 0.6 is 0 Å². The Kier molecular flexibility index (Phi) is 4.49. The Labute approximate surface area is 116 Å². The molecule has 2 aromatic rings. The minimum absolute atomic E-state index is 0.0552. The first-order valence-electron chi connectivity index (χ1n) is 6.19. The van der Waals surface area contributed by atoms with Crippen molar-refractivity contribution in [2.24, 2.45) is 0 Å². The van der Waals surface area contributed by atoms with Gasteiger partial charge in [0.2, 0.25) is 0 Å². The summed E-state index contributed by atoms with van der Waals surface area (Å²) in [5.41, 5.74) is 1.13. The summed E-state index contributed by atoms with van der Waals surface area (Å²) in [6.07, 6.45) is 1.73. The highest BCUT2D eigenvalue weighted by atomic mass is 16.6. The molecule has 0 aliphatic carbocycles. The van der Waals surface area contributed by atoms with E-state index in [9.17, 15) is 10.1 Å². The lowest BCUT2D eigenvalue weighted by molar-refractivity contribution is -0.384. The van der Waals surface area contributed by atoms with E-state index in [-0.39, 0.29) is 5.69 Å². The number of aryl methyl sites for hydroxylation is 1. The molecule has 2 rings (SSSR count). The molecule has 1 N–H and O–H groups in total. The summed E-state index contributed by atoms with van der Waals surface area (Å²) in [5.74, 6) is 1.44. The van der Waals surface area contributed by atoms with Crippen molar-refractivity contribution in [2.75, 3.05) is 18.5 Å². The number of anilines is 1. The molecule has 0 spiro atoms. The van der Waals surface area contributed by atoms with Crippen molar-refractivity contribution in [3.63, 3.8) is 0 Å². The van der Waals surface area contributed by atoms with Gasteiger partial charge in [-0.05, 0) is 30.7 Å². The average Bonchev–Trinajstić information content (AvgIpc) is 2.46. The Bertz CT molecular complexity index is 584. The van der Waals surface area contributed by atoms with Crippen LogP contribution in [0.25, 0.3) is 0 Å². The molecule has 0 fully saturated rings. The quantitative estimate of drug-likeness (QED) is 0.497. The molecule has 0 aliphatic heterocycles. The van der Waals surface area contributed by atoms with Crippen LogP contribution in [0.15, 0.2) is 42.6 Å². The smallest absolute Gasteiger partial charge is 0.269 e. The second kappa shape index (κ2) is 6.51. The zero-order chi connectivity index (χ0) is 14.4. The van der Waals surface area contributed by atoms with E-state index in [0.717, 1.165) is 11.4 Å². The molecule has 104 valence electrons. The molecule has 1 aromatic carbocycles. The Morgan fingerprint density at radius 2 is 2.05 bits per heavy atom. The lowest BCUT2D eigenvalue weighted by Gasteiger charge is -2.09. The molecule has 20 heavy (non-hydrogen) atoms. The number of hydrogen-bond donors (Lipinski definition) is 1. The number of ether oxygens (including phenoxy) is 1. The number of nitro benzene ring substituents is 1. The lowest BCUT2D eigenvalue weighted by Crippen LogP contribution is -2.13. The number of non-ortho nitro benzene ring substituents is 1. The summed E-state index contributed by atoms with van der Waals surface area (Å²) >= 11 is 0. The standard InChI is InChI=1S/C14H15N3O3/c1-11-3-2-8-15-14(11)16-9-10-20-13-6-4-12(5-7-13)17(18)19/h2-8H,9-10H2,1H3,(H,15,16). The molecular formula is C14H15N3O3. The molecule has 0 saturated carbocycles. The lowest BCUT2D eigenvalue weighted by atomic mass is 10.3. The average molecular weight is 273 g/mol. The largest absolute Gasteiger partial charge is 0.492 e. The molecule has 0 saturated heterocycles. The second-order valence-electron chi connectivity index (χ2n) is 4.20. The molecular weight excluding hydrogens is 258 g/mol. The van der Waals surface area contributed by atoms with E-state index in [0.29, 0.717) is 18.9 Å². The van der Waals surface area contributed by atoms with Gasteiger partial charge in [-0.25, -0.2) is 4.98 Å². The van der Waals surface area contributed by atoms with Crippen LogP contribution in [0.5, 0.6) is 5.75 Å². The molecule has 0 aliphatic rings. The van der Waals surface area contributed by atoms with Gasteiger partial charge in [0.15, 0.2) is 0 Å². The van der Waals surface area contributed by atoms with E-state index in [4.69, 9.17) is 4.74 Å². The van der Waals surface area contributed by atoms with Crippen LogP contribution in [0.1, 0.15) is 5.56 Å². The molecule has 0 unspecified atom stereocenters. The van der Waals surface area contributed by atoms with Gasteiger partial charge in [0.05, 0.1) is 11.5 Å². The highest BCUT2D eigenvalue weighted by Gasteiger charge is 2.04. The van der Waals surface area contributed by atoms with E-state index < -0.39 is 4.92 Å². The van der Waals surface area contributed by atoms with Crippen LogP contribution < -0.4 is 10.1 Å². The van der Waals surface area contributed by atoms with Crippen molar-refractivity contribution in [3.05, 3.63) is 58.3 Å². The van der Waals surface area contributed by atoms with Gasteiger partial charge in [-0.3, -0.25) is 10.1 Å². The highest BCUT2D eigenvalue weighted by molar-refractivity contribution is 5.42. The monoisotopic (exact) mass is 273 g/mol. The van der Waals surface area contributed by atoms with Gasteiger partial charge >= 0.3 is 0 Å². The first-order chi connectivity index (χ1) is 9.66. The Morgan fingerprint density at radius 3 is 2.70 bits per heavy atom. The zero-order valence-corrected chi connectivity index (χ0v) is 11.1. The fourth-order valence-corrected chi connectivity index (χ4v) is 1.67. The van der Waals surface area contributed by atoms with Gasteiger partial charge in [-0.1, -0.05) is 6.07 Å². The van der Waals surface area contributed by atoms with Crippen molar-refractivity contribution in [1.82, 2.24) is 4.98 Å². The van der Waals surface area contributed by atoms with Crippen molar-refractivity contribution in [3.8, 4) is 5.75 Å². The second-order valence-corrected chi connectivity index (χ2v) is 4.20. The molecule has 0 atom stereocenters. The third-order valence-electron chi connectivity index (χ3n) is 2.72. The number of benzene rings is 1. The SMILES string of the molecule is Cc1cccnc1NCCOc1ccc([N+](=O)[O-])cc1. The Morgan fingerprint density at radius 1 is 1.30 bits per heavy atom. The summed E-state index contributed by atoms with van der Waals surface area (Å²) in [6, 6.07) is 9.88. The van der Waals surface area contributed by atoms with E-state index in [1.807, 2.05) is 19.1 Å². The zero-order valence-electron chi connectivity index (χ0n) is 11.1. The topological polar surface area (TPSA) is 77.3 Å². The van der Waals surface area contributed by atoms with Crippen LogP contribution in [0.4, 0.5) is 11.5 Å². The number of nitrogens with zero attached hydrogens (tertiary/aromatic N) is 2. The molecule has 0 bridgehead atoms. The van der Waals surface area contributed by atoms with Crippen molar-refractivity contribution < 1.29 is 9.66 Å². The number of nitrogens with one attached hydrogen (secondary N) is 1.